The minimum absolute atomic E-state index is 0.0596. The van der Waals surface area contributed by atoms with Crippen LogP contribution in [-0.4, -0.2) is 39.3 Å². The zero-order valence-electron chi connectivity index (χ0n) is 14.0. The van der Waals surface area contributed by atoms with E-state index in [-0.39, 0.29) is 21.3 Å². The Morgan fingerprint density at radius 3 is 2.76 bits per heavy atom. The molecule has 0 saturated carbocycles. The van der Waals surface area contributed by atoms with Crippen molar-refractivity contribution in [2.75, 3.05) is 19.6 Å². The van der Waals surface area contributed by atoms with Crippen LogP contribution in [-0.2, 0) is 9.59 Å². The topological polar surface area (TPSA) is 63.4 Å². The molecule has 1 unspecified atom stereocenters. The van der Waals surface area contributed by atoms with Gasteiger partial charge in [0.15, 0.2) is 5.58 Å². The molecule has 0 spiro atoms. The summed E-state index contributed by atoms with van der Waals surface area (Å²) in [6.45, 7) is 4.00. The molecule has 0 bridgehead atoms. The summed E-state index contributed by atoms with van der Waals surface area (Å²) in [6.07, 6.45) is 2.44. The van der Waals surface area contributed by atoms with Gasteiger partial charge in [-0.1, -0.05) is 5.16 Å². The van der Waals surface area contributed by atoms with E-state index in [1.165, 1.54) is 19.1 Å². The van der Waals surface area contributed by atoms with Gasteiger partial charge in [-0.15, -0.1) is 0 Å². The second kappa shape index (κ2) is 7.90. The molecule has 0 amide bonds. The van der Waals surface area contributed by atoms with Gasteiger partial charge in [0.25, 0.3) is 0 Å². The summed E-state index contributed by atoms with van der Waals surface area (Å²) in [7, 11) is 0. The molecule has 134 valence electrons. The fourth-order valence-electron chi connectivity index (χ4n) is 3.44. The number of rotatable bonds is 6. The lowest BCUT2D eigenvalue weighted by Crippen LogP contribution is -2.35. The Balaban J connectivity index is 1.58. The van der Waals surface area contributed by atoms with Crippen molar-refractivity contribution >= 4 is 43.1 Å². The van der Waals surface area contributed by atoms with E-state index in [0.29, 0.717) is 12.0 Å². The Kier molecular flexibility index (Phi) is 5.83. The molecule has 1 aliphatic heterocycles. The summed E-state index contributed by atoms with van der Waals surface area (Å²) in [5, 5.41) is 5.04. The SMILES string of the molecule is CC(=O)C(CCN1CCC(c2noc3cc(F)ccc23)CC1)C(=O)I. The van der Waals surface area contributed by atoms with Crippen molar-refractivity contribution in [3.8, 4) is 0 Å². The smallest absolute Gasteiger partial charge is 0.202 e. The van der Waals surface area contributed by atoms with Gasteiger partial charge in [0.1, 0.15) is 11.6 Å². The number of carbonyl (C=O) groups is 2. The van der Waals surface area contributed by atoms with Crippen molar-refractivity contribution in [1.29, 1.82) is 0 Å². The van der Waals surface area contributed by atoms with Gasteiger partial charge >= 0.3 is 0 Å². The van der Waals surface area contributed by atoms with E-state index in [4.69, 9.17) is 4.52 Å². The highest BCUT2D eigenvalue weighted by molar-refractivity contribution is 14.1. The van der Waals surface area contributed by atoms with Crippen LogP contribution in [0.1, 0.15) is 37.8 Å². The Morgan fingerprint density at radius 1 is 1.40 bits per heavy atom. The predicted molar refractivity (Wildman–Crippen MR) is 100 cm³/mol. The lowest BCUT2D eigenvalue weighted by molar-refractivity contribution is -0.126. The Morgan fingerprint density at radius 2 is 2.12 bits per heavy atom. The van der Waals surface area contributed by atoms with Crippen molar-refractivity contribution in [1.82, 2.24) is 10.1 Å². The largest absolute Gasteiger partial charge is 0.356 e. The van der Waals surface area contributed by atoms with Gasteiger partial charge in [-0.25, -0.2) is 4.39 Å². The molecule has 3 rings (SSSR count). The molecule has 1 aromatic heterocycles. The number of likely N-dealkylation sites (tertiary alicyclic amines) is 1. The van der Waals surface area contributed by atoms with Gasteiger partial charge in [-0.3, -0.25) is 9.59 Å². The number of hydrogen-bond acceptors (Lipinski definition) is 5. The maximum atomic E-state index is 13.3. The summed E-state index contributed by atoms with van der Waals surface area (Å²) in [6, 6.07) is 4.53. The first-order chi connectivity index (χ1) is 12.0. The summed E-state index contributed by atoms with van der Waals surface area (Å²) in [4.78, 5) is 25.3. The molecule has 0 aliphatic carbocycles. The molecule has 1 aromatic carbocycles. The second-order valence-electron chi connectivity index (χ2n) is 6.58. The number of ketones is 1. The molecule has 1 saturated heterocycles. The van der Waals surface area contributed by atoms with Crippen LogP contribution in [0.4, 0.5) is 4.39 Å². The van der Waals surface area contributed by atoms with E-state index in [9.17, 15) is 14.0 Å². The van der Waals surface area contributed by atoms with Crippen molar-refractivity contribution in [2.24, 2.45) is 5.92 Å². The third kappa shape index (κ3) is 4.25. The number of benzene rings is 1. The zero-order chi connectivity index (χ0) is 18.0. The minimum atomic E-state index is -0.493. The van der Waals surface area contributed by atoms with Crippen LogP contribution >= 0.6 is 22.6 Å². The lowest BCUT2D eigenvalue weighted by atomic mass is 9.91. The number of halogens is 2. The molecule has 1 aliphatic rings. The van der Waals surface area contributed by atoms with Gasteiger partial charge in [-0.2, -0.15) is 0 Å². The number of carbonyl (C=O) groups excluding carboxylic acids is 2. The molecular formula is C18H20FIN2O3. The van der Waals surface area contributed by atoms with E-state index in [2.05, 4.69) is 10.1 Å². The maximum Gasteiger partial charge on any atom is 0.202 e. The molecular weight excluding hydrogens is 438 g/mol. The normalized spacial score (nSPS) is 17.7. The fraction of sp³-hybridized carbons (Fsp3) is 0.500. The van der Waals surface area contributed by atoms with Crippen LogP contribution in [0.2, 0.25) is 0 Å². The van der Waals surface area contributed by atoms with E-state index < -0.39 is 5.92 Å². The van der Waals surface area contributed by atoms with Crippen LogP contribution < -0.4 is 0 Å². The highest BCUT2D eigenvalue weighted by Crippen LogP contribution is 2.33. The number of piperidine rings is 1. The molecule has 1 fully saturated rings. The van der Waals surface area contributed by atoms with E-state index >= 15 is 0 Å². The molecule has 1 atom stereocenters. The van der Waals surface area contributed by atoms with Crippen LogP contribution in [0.15, 0.2) is 22.7 Å². The lowest BCUT2D eigenvalue weighted by Gasteiger charge is -2.31. The number of nitrogens with zero attached hydrogens (tertiary/aromatic N) is 2. The number of hydrogen-bond donors (Lipinski definition) is 0. The summed E-state index contributed by atoms with van der Waals surface area (Å²) >= 11 is 1.71. The summed E-state index contributed by atoms with van der Waals surface area (Å²) < 4.78 is 18.4. The highest BCUT2D eigenvalue weighted by atomic mass is 127. The third-order valence-electron chi connectivity index (χ3n) is 4.93. The van der Waals surface area contributed by atoms with Crippen molar-refractivity contribution in [3.63, 3.8) is 0 Å². The number of Topliss-reactive ketones (excluding diaryl/α,β-unsaturated/α-hetero) is 1. The second-order valence-corrected chi connectivity index (χ2v) is 7.64. The van der Waals surface area contributed by atoms with Gasteiger partial charge in [0, 0.05) is 40.0 Å². The van der Waals surface area contributed by atoms with E-state index in [0.717, 1.165) is 43.6 Å². The fourth-order valence-corrected chi connectivity index (χ4v) is 4.19. The summed E-state index contributed by atoms with van der Waals surface area (Å²) in [5.41, 5.74) is 1.39. The Bertz CT molecular complexity index is 770. The number of fused-ring (bicyclic) bond motifs is 1. The molecule has 0 N–H and O–H groups in total. The first kappa shape index (κ1) is 18.4. The molecule has 0 radical (unpaired) electrons. The van der Waals surface area contributed by atoms with Crippen molar-refractivity contribution < 1.29 is 18.5 Å². The average molecular weight is 458 g/mol. The molecule has 2 aromatic rings. The Labute approximate surface area is 159 Å². The van der Waals surface area contributed by atoms with Gasteiger partial charge in [0.2, 0.25) is 3.79 Å². The van der Waals surface area contributed by atoms with Crippen molar-refractivity contribution in [3.05, 3.63) is 29.7 Å². The first-order valence-electron chi connectivity index (χ1n) is 8.42. The van der Waals surface area contributed by atoms with Gasteiger partial charge < -0.3 is 9.42 Å². The van der Waals surface area contributed by atoms with Gasteiger partial charge in [0.05, 0.1) is 11.6 Å². The summed E-state index contributed by atoms with van der Waals surface area (Å²) in [5.74, 6) is -0.587. The quantitative estimate of drug-likeness (QED) is 0.375. The number of aromatic nitrogens is 1. The minimum Gasteiger partial charge on any atom is -0.356 e. The Hall–Kier alpha value is -1.35. The molecule has 2 heterocycles. The van der Waals surface area contributed by atoms with Crippen LogP contribution in [0, 0.1) is 11.7 Å². The average Bonchev–Trinajstić information content (AvgIpc) is 2.98. The third-order valence-corrected chi connectivity index (χ3v) is 5.69. The van der Waals surface area contributed by atoms with E-state index in [1.807, 2.05) is 0 Å². The highest BCUT2D eigenvalue weighted by Gasteiger charge is 2.27. The van der Waals surface area contributed by atoms with Gasteiger partial charge in [-0.05, 0) is 58.0 Å². The maximum absolute atomic E-state index is 13.3. The van der Waals surface area contributed by atoms with Crippen LogP contribution in [0.25, 0.3) is 11.0 Å². The van der Waals surface area contributed by atoms with Crippen molar-refractivity contribution in [2.45, 2.75) is 32.1 Å². The molecule has 25 heavy (non-hydrogen) atoms. The molecule has 5 nitrogen and oxygen atoms in total. The van der Waals surface area contributed by atoms with Crippen LogP contribution in [0.5, 0.6) is 0 Å². The van der Waals surface area contributed by atoms with Crippen LogP contribution in [0.3, 0.4) is 0 Å². The monoisotopic (exact) mass is 458 g/mol. The van der Waals surface area contributed by atoms with E-state index in [1.54, 1.807) is 28.7 Å². The molecule has 7 heteroatoms. The zero-order valence-corrected chi connectivity index (χ0v) is 16.2. The predicted octanol–water partition coefficient (Wildman–Crippen LogP) is 3.70. The standard InChI is InChI=1S/C18H20FIN2O3/c1-11(23)14(18(20)24)6-9-22-7-4-12(5-8-22)17-15-3-2-13(19)10-16(15)25-21-17/h2-3,10,12,14H,4-9H2,1H3. The first-order valence-corrected chi connectivity index (χ1v) is 9.50.